The second kappa shape index (κ2) is 6.93. The molecule has 1 aliphatic rings. The van der Waals surface area contributed by atoms with Gasteiger partial charge in [-0.3, -0.25) is 9.59 Å². The Morgan fingerprint density at radius 2 is 2.04 bits per heavy atom. The van der Waals surface area contributed by atoms with E-state index in [1.807, 2.05) is 19.1 Å². The van der Waals surface area contributed by atoms with Gasteiger partial charge in [-0.1, -0.05) is 0 Å². The summed E-state index contributed by atoms with van der Waals surface area (Å²) in [4.78, 5) is 26.4. The lowest BCUT2D eigenvalue weighted by molar-refractivity contribution is 0.103. The maximum absolute atomic E-state index is 12.2. The molecule has 0 saturated carbocycles. The fourth-order valence-corrected chi connectivity index (χ4v) is 3.35. The predicted octanol–water partition coefficient (Wildman–Crippen LogP) is 2.53. The minimum absolute atomic E-state index is 0.180. The molecule has 120 valence electrons. The third kappa shape index (κ3) is 3.60. The van der Waals surface area contributed by atoms with E-state index in [-0.39, 0.29) is 5.91 Å². The smallest absolute Gasteiger partial charge is 0.265 e. The molecule has 0 atom stereocenters. The molecule has 1 fully saturated rings. The number of nitrogens with one attached hydrogen (secondary N) is 2. The minimum Gasteiger partial charge on any atom is -0.369 e. The van der Waals surface area contributed by atoms with Crippen LogP contribution >= 0.6 is 11.3 Å². The summed E-state index contributed by atoms with van der Waals surface area (Å²) in [7, 11) is 0. The minimum atomic E-state index is -0.180. The van der Waals surface area contributed by atoms with E-state index in [2.05, 4.69) is 21.6 Å². The van der Waals surface area contributed by atoms with Crippen molar-refractivity contribution in [1.82, 2.24) is 5.32 Å². The van der Waals surface area contributed by atoms with Crippen LogP contribution in [0.4, 0.5) is 11.4 Å². The van der Waals surface area contributed by atoms with Crippen LogP contribution in [0.2, 0.25) is 0 Å². The van der Waals surface area contributed by atoms with Crippen molar-refractivity contribution in [2.75, 3.05) is 36.4 Å². The topological polar surface area (TPSA) is 61.4 Å². The number of carbonyl (C=O) groups excluding carboxylic acids is 2. The van der Waals surface area contributed by atoms with Gasteiger partial charge < -0.3 is 15.5 Å². The zero-order chi connectivity index (χ0) is 16.2. The average Bonchev–Trinajstić information content (AvgIpc) is 3.07. The Labute approximate surface area is 139 Å². The molecular weight excluding hydrogens is 310 g/mol. The van der Waals surface area contributed by atoms with Crippen molar-refractivity contribution in [3.05, 3.63) is 45.6 Å². The maximum atomic E-state index is 12.2. The van der Waals surface area contributed by atoms with Crippen LogP contribution in [0.15, 0.2) is 30.3 Å². The number of aldehydes is 1. The second-order valence-electron chi connectivity index (χ2n) is 5.51. The Bertz CT molecular complexity index is 720. The van der Waals surface area contributed by atoms with Crippen LogP contribution in [0.3, 0.4) is 0 Å². The number of piperazine rings is 1. The van der Waals surface area contributed by atoms with E-state index in [4.69, 9.17) is 0 Å². The third-order valence-corrected chi connectivity index (χ3v) is 4.92. The summed E-state index contributed by atoms with van der Waals surface area (Å²) >= 11 is 1.20. The lowest BCUT2D eigenvalue weighted by atomic mass is 10.1. The fraction of sp³-hybridized carbons (Fsp3) is 0.294. The van der Waals surface area contributed by atoms with Crippen LogP contribution < -0.4 is 15.5 Å². The summed E-state index contributed by atoms with van der Waals surface area (Å²) in [6, 6.07) is 9.42. The number of carbonyl (C=O) groups is 2. The Balaban J connectivity index is 1.72. The Hall–Kier alpha value is -2.18. The number of hydrogen-bond acceptors (Lipinski definition) is 5. The highest BCUT2D eigenvalue weighted by Gasteiger charge is 2.14. The number of nitrogens with zero attached hydrogens (tertiary/aromatic N) is 1. The molecule has 2 heterocycles. The van der Waals surface area contributed by atoms with Crippen LogP contribution in [-0.4, -0.2) is 38.4 Å². The van der Waals surface area contributed by atoms with E-state index in [9.17, 15) is 9.59 Å². The summed E-state index contributed by atoms with van der Waals surface area (Å²) in [6.45, 7) is 5.97. The highest BCUT2D eigenvalue weighted by atomic mass is 32.1. The monoisotopic (exact) mass is 329 g/mol. The van der Waals surface area contributed by atoms with Crippen LogP contribution in [0.25, 0.3) is 0 Å². The first-order valence-electron chi connectivity index (χ1n) is 7.60. The predicted molar refractivity (Wildman–Crippen MR) is 93.9 cm³/mol. The number of benzene rings is 1. The molecular formula is C17H19N3O2S. The lowest BCUT2D eigenvalue weighted by Crippen LogP contribution is -2.43. The molecule has 1 saturated heterocycles. The molecule has 0 radical (unpaired) electrons. The Morgan fingerprint density at radius 3 is 2.70 bits per heavy atom. The number of aryl methyl sites for hydroxylation is 1. The van der Waals surface area contributed by atoms with E-state index in [0.29, 0.717) is 9.75 Å². The first-order valence-corrected chi connectivity index (χ1v) is 8.42. The van der Waals surface area contributed by atoms with E-state index in [1.165, 1.54) is 17.0 Å². The zero-order valence-electron chi connectivity index (χ0n) is 13.0. The highest BCUT2D eigenvalue weighted by Crippen LogP contribution is 2.24. The summed E-state index contributed by atoms with van der Waals surface area (Å²) in [5.74, 6) is -0.180. The molecule has 23 heavy (non-hydrogen) atoms. The van der Waals surface area contributed by atoms with E-state index in [1.54, 1.807) is 12.1 Å². The first-order chi connectivity index (χ1) is 11.2. The SMILES string of the molecule is Cc1cc(N2CCNCC2)ccc1NC(=O)c1ccc(C=O)s1. The van der Waals surface area contributed by atoms with Gasteiger partial charge >= 0.3 is 0 Å². The normalized spacial score (nSPS) is 14.6. The van der Waals surface area contributed by atoms with Crippen LogP contribution in [-0.2, 0) is 0 Å². The van der Waals surface area contributed by atoms with Gasteiger partial charge in [0.05, 0.1) is 9.75 Å². The Kier molecular flexibility index (Phi) is 4.73. The van der Waals surface area contributed by atoms with Crippen molar-refractivity contribution in [3.8, 4) is 0 Å². The molecule has 0 aliphatic carbocycles. The quantitative estimate of drug-likeness (QED) is 0.846. The van der Waals surface area contributed by atoms with Gasteiger partial charge in [0.25, 0.3) is 5.91 Å². The van der Waals surface area contributed by atoms with E-state index < -0.39 is 0 Å². The molecule has 0 spiro atoms. The largest absolute Gasteiger partial charge is 0.369 e. The van der Waals surface area contributed by atoms with Crippen molar-refractivity contribution in [3.63, 3.8) is 0 Å². The van der Waals surface area contributed by atoms with Crippen molar-refractivity contribution in [1.29, 1.82) is 0 Å². The van der Waals surface area contributed by atoms with Gasteiger partial charge in [-0.2, -0.15) is 0 Å². The lowest BCUT2D eigenvalue weighted by Gasteiger charge is -2.30. The molecule has 2 aromatic rings. The number of amides is 1. The van der Waals surface area contributed by atoms with E-state index >= 15 is 0 Å². The van der Waals surface area contributed by atoms with Gasteiger partial charge in [0, 0.05) is 37.6 Å². The molecule has 2 N–H and O–H groups in total. The molecule has 1 amide bonds. The van der Waals surface area contributed by atoms with Gasteiger partial charge in [-0.15, -0.1) is 11.3 Å². The summed E-state index contributed by atoms with van der Waals surface area (Å²) in [5, 5.41) is 6.26. The van der Waals surface area contributed by atoms with Gasteiger partial charge in [0.1, 0.15) is 0 Å². The maximum Gasteiger partial charge on any atom is 0.265 e. The Morgan fingerprint density at radius 1 is 1.26 bits per heavy atom. The molecule has 6 heteroatoms. The second-order valence-corrected chi connectivity index (χ2v) is 6.63. The zero-order valence-corrected chi connectivity index (χ0v) is 13.8. The molecule has 1 aromatic carbocycles. The molecule has 0 bridgehead atoms. The summed E-state index contributed by atoms with van der Waals surface area (Å²) < 4.78 is 0. The van der Waals surface area contributed by atoms with Crippen molar-refractivity contribution >= 4 is 34.9 Å². The highest BCUT2D eigenvalue weighted by molar-refractivity contribution is 7.15. The summed E-state index contributed by atoms with van der Waals surface area (Å²) in [5.41, 5.74) is 3.01. The van der Waals surface area contributed by atoms with Crippen LogP contribution in [0.1, 0.15) is 24.9 Å². The van der Waals surface area contributed by atoms with Crippen LogP contribution in [0.5, 0.6) is 0 Å². The molecule has 1 aliphatic heterocycles. The fourth-order valence-electron chi connectivity index (χ4n) is 2.63. The van der Waals surface area contributed by atoms with Crippen LogP contribution in [0, 0.1) is 6.92 Å². The van der Waals surface area contributed by atoms with Gasteiger partial charge in [-0.05, 0) is 42.8 Å². The average molecular weight is 329 g/mol. The number of hydrogen-bond donors (Lipinski definition) is 2. The molecule has 1 aromatic heterocycles. The molecule has 5 nitrogen and oxygen atoms in total. The first kappa shape index (κ1) is 15.7. The van der Waals surface area contributed by atoms with Crippen molar-refractivity contribution in [2.24, 2.45) is 0 Å². The van der Waals surface area contributed by atoms with Crippen molar-refractivity contribution < 1.29 is 9.59 Å². The van der Waals surface area contributed by atoms with Gasteiger partial charge in [-0.25, -0.2) is 0 Å². The molecule has 3 rings (SSSR count). The van der Waals surface area contributed by atoms with Gasteiger partial charge in [0.15, 0.2) is 6.29 Å². The third-order valence-electron chi connectivity index (χ3n) is 3.91. The molecule has 0 unspecified atom stereocenters. The number of anilines is 2. The number of thiophene rings is 1. The number of rotatable bonds is 4. The standard InChI is InChI=1S/C17H19N3O2S/c1-12-10-13(20-8-6-18-7-9-20)2-4-15(12)19-17(22)16-5-3-14(11-21)23-16/h2-5,10-11,18H,6-9H2,1H3,(H,19,22). The van der Waals surface area contributed by atoms with Crippen molar-refractivity contribution in [2.45, 2.75) is 6.92 Å². The van der Waals surface area contributed by atoms with E-state index in [0.717, 1.165) is 43.7 Å². The van der Waals surface area contributed by atoms with Gasteiger partial charge in [0.2, 0.25) is 0 Å². The summed E-state index contributed by atoms with van der Waals surface area (Å²) in [6.07, 6.45) is 0.759.